The van der Waals surface area contributed by atoms with E-state index in [-0.39, 0.29) is 11.7 Å². The predicted molar refractivity (Wildman–Crippen MR) is 89.1 cm³/mol. The third kappa shape index (κ3) is 4.94. The summed E-state index contributed by atoms with van der Waals surface area (Å²) in [5.41, 5.74) is -0.0286. The van der Waals surface area contributed by atoms with Gasteiger partial charge < -0.3 is 10.1 Å². The van der Waals surface area contributed by atoms with Gasteiger partial charge in [0.15, 0.2) is 0 Å². The van der Waals surface area contributed by atoms with Gasteiger partial charge in [-0.3, -0.25) is 9.69 Å². The minimum atomic E-state index is -0.592. The van der Waals surface area contributed by atoms with E-state index in [2.05, 4.69) is 5.32 Å². The van der Waals surface area contributed by atoms with Gasteiger partial charge in [0.2, 0.25) is 5.91 Å². The summed E-state index contributed by atoms with van der Waals surface area (Å²) in [6.45, 7) is 6.23. The van der Waals surface area contributed by atoms with Gasteiger partial charge in [-0.2, -0.15) is 0 Å². The van der Waals surface area contributed by atoms with E-state index in [0.29, 0.717) is 31.5 Å². The Bertz CT molecular complexity index is 598. The molecule has 1 fully saturated rings. The fourth-order valence-corrected chi connectivity index (χ4v) is 2.72. The van der Waals surface area contributed by atoms with Crippen molar-refractivity contribution in [3.8, 4) is 0 Å². The van der Waals surface area contributed by atoms with Crippen LogP contribution in [0.4, 0.5) is 9.18 Å². The first-order chi connectivity index (χ1) is 11.3. The zero-order chi connectivity index (χ0) is 17.7. The van der Waals surface area contributed by atoms with Crippen LogP contribution in [0.2, 0.25) is 0 Å². The smallest absolute Gasteiger partial charge is 0.410 e. The third-order valence-electron chi connectivity index (χ3n) is 3.83. The molecule has 1 atom stereocenters. The van der Waals surface area contributed by atoms with Crippen LogP contribution in [-0.4, -0.2) is 41.6 Å². The Morgan fingerprint density at radius 2 is 2.04 bits per heavy atom. The summed E-state index contributed by atoms with van der Waals surface area (Å²) in [7, 11) is 0. The first-order valence-corrected chi connectivity index (χ1v) is 8.28. The molecular weight excluding hydrogens is 311 g/mol. The largest absolute Gasteiger partial charge is 0.444 e. The molecule has 0 radical (unpaired) electrons. The molecule has 0 aromatic heterocycles. The van der Waals surface area contributed by atoms with Crippen molar-refractivity contribution < 1.29 is 18.7 Å². The van der Waals surface area contributed by atoms with Gasteiger partial charge in [-0.25, -0.2) is 9.18 Å². The molecule has 5 nitrogen and oxygen atoms in total. The Kier molecular flexibility index (Phi) is 5.80. The average molecular weight is 336 g/mol. The molecule has 2 rings (SSSR count). The zero-order valence-corrected chi connectivity index (χ0v) is 14.5. The maximum Gasteiger partial charge on any atom is 0.410 e. The van der Waals surface area contributed by atoms with Crippen LogP contribution in [0.25, 0.3) is 0 Å². The minimum Gasteiger partial charge on any atom is -0.444 e. The first-order valence-electron chi connectivity index (χ1n) is 8.28. The van der Waals surface area contributed by atoms with Crippen molar-refractivity contribution in [2.24, 2.45) is 0 Å². The Labute approximate surface area is 142 Å². The van der Waals surface area contributed by atoms with Crippen LogP contribution in [0.5, 0.6) is 0 Å². The van der Waals surface area contributed by atoms with E-state index >= 15 is 0 Å². The van der Waals surface area contributed by atoms with Gasteiger partial charge in [-0.15, -0.1) is 0 Å². The molecule has 1 aliphatic rings. The number of halogens is 1. The summed E-state index contributed by atoms with van der Waals surface area (Å²) in [5, 5.41) is 2.79. The lowest BCUT2D eigenvalue weighted by Crippen LogP contribution is -2.47. The SMILES string of the molecule is CC(C)(C)OC(=O)N1CCCC1C(=O)NCCc1ccccc1F. The molecule has 1 aromatic rings. The topological polar surface area (TPSA) is 58.6 Å². The standard InChI is InChI=1S/C18H25FN2O3/c1-18(2,3)24-17(23)21-12-6-9-15(21)16(22)20-11-10-13-7-4-5-8-14(13)19/h4-5,7-8,15H,6,9-12H2,1-3H3,(H,20,22). The second kappa shape index (κ2) is 7.64. The number of amides is 2. The molecule has 0 saturated carbocycles. The van der Waals surface area contributed by atoms with Gasteiger partial charge in [0.1, 0.15) is 17.5 Å². The molecule has 1 saturated heterocycles. The van der Waals surface area contributed by atoms with Crippen molar-refractivity contribution in [3.63, 3.8) is 0 Å². The lowest BCUT2D eigenvalue weighted by molar-refractivity contribution is -0.125. The van der Waals surface area contributed by atoms with Crippen molar-refractivity contribution >= 4 is 12.0 Å². The summed E-state index contributed by atoms with van der Waals surface area (Å²) in [4.78, 5) is 26.0. The number of nitrogens with zero attached hydrogens (tertiary/aromatic N) is 1. The molecule has 1 N–H and O–H groups in total. The van der Waals surface area contributed by atoms with Crippen LogP contribution in [0.15, 0.2) is 24.3 Å². The molecule has 132 valence electrons. The Morgan fingerprint density at radius 1 is 1.33 bits per heavy atom. The zero-order valence-electron chi connectivity index (χ0n) is 14.5. The summed E-state index contributed by atoms with van der Waals surface area (Å²) >= 11 is 0. The van der Waals surface area contributed by atoms with E-state index in [1.54, 1.807) is 39.0 Å². The van der Waals surface area contributed by atoms with E-state index in [1.807, 2.05) is 0 Å². The van der Waals surface area contributed by atoms with E-state index in [1.165, 1.54) is 11.0 Å². The van der Waals surface area contributed by atoms with Gasteiger partial charge >= 0.3 is 6.09 Å². The molecule has 24 heavy (non-hydrogen) atoms. The maximum atomic E-state index is 13.6. The molecule has 2 amide bonds. The quantitative estimate of drug-likeness (QED) is 0.920. The van der Waals surface area contributed by atoms with Crippen molar-refractivity contribution in [1.29, 1.82) is 0 Å². The third-order valence-corrected chi connectivity index (χ3v) is 3.83. The molecule has 0 aliphatic carbocycles. The number of carbonyl (C=O) groups excluding carboxylic acids is 2. The van der Waals surface area contributed by atoms with E-state index in [9.17, 15) is 14.0 Å². The molecule has 1 aliphatic heterocycles. The molecular formula is C18H25FN2O3. The predicted octanol–water partition coefficient (Wildman–Crippen LogP) is 2.88. The normalized spacial score (nSPS) is 17.7. The monoisotopic (exact) mass is 336 g/mol. The average Bonchev–Trinajstić information content (AvgIpc) is 2.97. The van der Waals surface area contributed by atoms with Crippen molar-refractivity contribution in [3.05, 3.63) is 35.6 Å². The fourth-order valence-electron chi connectivity index (χ4n) is 2.72. The summed E-state index contributed by atoms with van der Waals surface area (Å²) in [6, 6.07) is 5.99. The van der Waals surface area contributed by atoms with Crippen LogP contribution in [0.1, 0.15) is 39.2 Å². The van der Waals surface area contributed by atoms with Gasteiger partial charge in [-0.05, 0) is 51.7 Å². The van der Waals surface area contributed by atoms with Crippen molar-refractivity contribution in [2.75, 3.05) is 13.1 Å². The van der Waals surface area contributed by atoms with Crippen molar-refractivity contribution in [1.82, 2.24) is 10.2 Å². The highest BCUT2D eigenvalue weighted by Crippen LogP contribution is 2.21. The number of hydrogen-bond acceptors (Lipinski definition) is 3. The number of rotatable bonds is 4. The second-order valence-electron chi connectivity index (χ2n) is 6.96. The minimum absolute atomic E-state index is 0.213. The lowest BCUT2D eigenvalue weighted by atomic mass is 10.1. The molecule has 6 heteroatoms. The number of hydrogen-bond donors (Lipinski definition) is 1. The highest BCUT2D eigenvalue weighted by molar-refractivity contribution is 5.86. The number of likely N-dealkylation sites (tertiary alicyclic amines) is 1. The lowest BCUT2D eigenvalue weighted by Gasteiger charge is -2.28. The molecule has 0 spiro atoms. The van der Waals surface area contributed by atoms with Crippen LogP contribution in [0, 0.1) is 5.82 Å². The van der Waals surface area contributed by atoms with E-state index < -0.39 is 17.7 Å². The maximum absolute atomic E-state index is 13.6. The summed E-state index contributed by atoms with van der Waals surface area (Å²) in [6.07, 6.45) is 1.33. The Hall–Kier alpha value is -2.11. The van der Waals surface area contributed by atoms with Crippen LogP contribution in [-0.2, 0) is 16.0 Å². The summed E-state index contributed by atoms with van der Waals surface area (Å²) < 4.78 is 18.9. The Balaban J connectivity index is 1.87. The van der Waals surface area contributed by atoms with Crippen LogP contribution >= 0.6 is 0 Å². The number of benzene rings is 1. The molecule has 1 aromatic carbocycles. The number of ether oxygens (including phenoxy) is 1. The summed E-state index contributed by atoms with van der Waals surface area (Å²) in [5.74, 6) is -0.488. The van der Waals surface area contributed by atoms with E-state index in [0.717, 1.165) is 6.42 Å². The fraction of sp³-hybridized carbons (Fsp3) is 0.556. The van der Waals surface area contributed by atoms with Gasteiger partial charge in [0.25, 0.3) is 0 Å². The highest BCUT2D eigenvalue weighted by Gasteiger charge is 2.36. The first kappa shape index (κ1) is 18.2. The number of carbonyl (C=O) groups is 2. The second-order valence-corrected chi connectivity index (χ2v) is 6.96. The molecule has 0 bridgehead atoms. The van der Waals surface area contributed by atoms with Gasteiger partial charge in [0, 0.05) is 13.1 Å². The van der Waals surface area contributed by atoms with Crippen LogP contribution < -0.4 is 5.32 Å². The van der Waals surface area contributed by atoms with Gasteiger partial charge in [-0.1, -0.05) is 18.2 Å². The molecule has 1 heterocycles. The van der Waals surface area contributed by atoms with Crippen LogP contribution in [0.3, 0.4) is 0 Å². The van der Waals surface area contributed by atoms with E-state index in [4.69, 9.17) is 4.74 Å². The molecule has 1 unspecified atom stereocenters. The van der Waals surface area contributed by atoms with Gasteiger partial charge in [0.05, 0.1) is 0 Å². The number of nitrogens with one attached hydrogen (secondary N) is 1. The Morgan fingerprint density at radius 3 is 2.71 bits per heavy atom. The highest BCUT2D eigenvalue weighted by atomic mass is 19.1. The van der Waals surface area contributed by atoms with Crippen molar-refractivity contribution in [2.45, 2.75) is 51.7 Å².